The smallest absolute Gasteiger partial charge is 0.224 e. The molecule has 3 rings (SSSR count). The van der Waals surface area contributed by atoms with E-state index in [2.05, 4.69) is 29.2 Å². The van der Waals surface area contributed by atoms with Crippen molar-refractivity contribution in [2.75, 3.05) is 6.61 Å². The van der Waals surface area contributed by atoms with E-state index in [0.29, 0.717) is 25.6 Å². The fourth-order valence-corrected chi connectivity index (χ4v) is 3.72. The first-order valence-electron chi connectivity index (χ1n) is 9.47. The van der Waals surface area contributed by atoms with Crippen LogP contribution in [0.25, 0.3) is 10.9 Å². The van der Waals surface area contributed by atoms with Gasteiger partial charge in [-0.2, -0.15) is 0 Å². The van der Waals surface area contributed by atoms with Crippen LogP contribution in [0.2, 0.25) is 0 Å². The molecule has 4 heteroatoms. The van der Waals surface area contributed by atoms with Gasteiger partial charge in [-0.3, -0.25) is 4.79 Å². The van der Waals surface area contributed by atoms with E-state index in [0.717, 1.165) is 35.1 Å². The summed E-state index contributed by atoms with van der Waals surface area (Å²) in [6.07, 6.45) is 12.0. The van der Waals surface area contributed by atoms with Crippen molar-refractivity contribution in [2.45, 2.75) is 51.1 Å². The summed E-state index contributed by atoms with van der Waals surface area (Å²) in [4.78, 5) is 12.6. The maximum atomic E-state index is 12.6. The maximum absolute atomic E-state index is 12.6. The first-order valence-corrected chi connectivity index (χ1v) is 9.47. The predicted octanol–water partition coefficient (Wildman–Crippen LogP) is 4.38. The van der Waals surface area contributed by atoms with Crippen LogP contribution in [0, 0.1) is 0 Å². The quantitative estimate of drug-likeness (QED) is 0.716. The number of rotatable bonds is 8. The van der Waals surface area contributed by atoms with Gasteiger partial charge in [-0.05, 0) is 36.6 Å². The van der Waals surface area contributed by atoms with Gasteiger partial charge < -0.3 is 14.6 Å². The number of ether oxygens (including phenoxy) is 1. The summed E-state index contributed by atoms with van der Waals surface area (Å²) in [6, 6.07) is 6.35. The summed E-state index contributed by atoms with van der Waals surface area (Å²) in [5.74, 6) is 0.898. The highest BCUT2D eigenvalue weighted by atomic mass is 16.5. The summed E-state index contributed by atoms with van der Waals surface area (Å²) in [7, 11) is 0. The predicted molar refractivity (Wildman–Crippen MR) is 107 cm³/mol. The molecule has 1 aromatic heterocycles. The lowest BCUT2D eigenvalue weighted by Gasteiger charge is -2.22. The molecule has 1 aromatic carbocycles. The maximum Gasteiger partial charge on any atom is 0.224 e. The van der Waals surface area contributed by atoms with Crippen LogP contribution < -0.4 is 10.1 Å². The van der Waals surface area contributed by atoms with Gasteiger partial charge in [0.05, 0.1) is 6.42 Å². The highest BCUT2D eigenvalue weighted by Gasteiger charge is 2.18. The second-order valence-electron chi connectivity index (χ2n) is 6.95. The third kappa shape index (κ3) is 4.37. The van der Waals surface area contributed by atoms with Gasteiger partial charge >= 0.3 is 0 Å². The highest BCUT2D eigenvalue weighted by Crippen LogP contribution is 2.27. The Balaban J connectivity index is 1.81. The summed E-state index contributed by atoms with van der Waals surface area (Å²) in [6.45, 7) is 8.70. The molecule has 138 valence electrons. The molecule has 1 saturated carbocycles. The second-order valence-corrected chi connectivity index (χ2v) is 6.95. The number of carbonyl (C=O) groups excluding carboxylic acids is 1. The molecule has 4 nitrogen and oxygen atoms in total. The molecule has 0 atom stereocenters. The normalized spacial score (nSPS) is 14.9. The first-order chi connectivity index (χ1) is 12.7. The monoisotopic (exact) mass is 352 g/mol. The van der Waals surface area contributed by atoms with Crippen molar-refractivity contribution < 1.29 is 9.53 Å². The summed E-state index contributed by atoms with van der Waals surface area (Å²) < 4.78 is 7.79. The van der Waals surface area contributed by atoms with Crippen molar-refractivity contribution >= 4 is 16.8 Å². The van der Waals surface area contributed by atoms with Gasteiger partial charge in [-0.15, -0.1) is 6.58 Å². The van der Waals surface area contributed by atoms with Crippen molar-refractivity contribution in [1.82, 2.24) is 9.88 Å². The van der Waals surface area contributed by atoms with Crippen LogP contribution in [0.5, 0.6) is 5.75 Å². The highest BCUT2D eigenvalue weighted by molar-refractivity contribution is 5.90. The molecular formula is C22H28N2O2. The minimum Gasteiger partial charge on any atom is -0.490 e. The SMILES string of the molecule is C=CCOc1ccc2c(c1)c(CC(=O)NC1CCCCC1)cn2CC=C. The average Bonchev–Trinajstić information content (AvgIpc) is 2.98. The van der Waals surface area contributed by atoms with Gasteiger partial charge in [-0.25, -0.2) is 0 Å². The minimum absolute atomic E-state index is 0.104. The van der Waals surface area contributed by atoms with Crippen molar-refractivity contribution in [3.8, 4) is 5.75 Å². The fraction of sp³-hybridized carbons (Fsp3) is 0.409. The zero-order chi connectivity index (χ0) is 18.4. The summed E-state index contributed by atoms with van der Waals surface area (Å²) in [5, 5.41) is 4.27. The third-order valence-electron chi connectivity index (χ3n) is 4.95. The largest absolute Gasteiger partial charge is 0.490 e. The average molecular weight is 352 g/mol. The van der Waals surface area contributed by atoms with E-state index in [4.69, 9.17) is 4.74 Å². The number of amides is 1. The number of hydrogen-bond acceptors (Lipinski definition) is 2. The molecule has 26 heavy (non-hydrogen) atoms. The minimum atomic E-state index is 0.104. The molecule has 2 aromatic rings. The molecule has 0 bridgehead atoms. The second kappa shape index (κ2) is 8.75. The van der Waals surface area contributed by atoms with E-state index in [1.807, 2.05) is 24.3 Å². The lowest BCUT2D eigenvalue weighted by Crippen LogP contribution is -2.37. The number of aromatic nitrogens is 1. The van der Waals surface area contributed by atoms with Gasteiger partial charge in [0, 0.05) is 29.7 Å². The Kier molecular flexibility index (Phi) is 6.16. The van der Waals surface area contributed by atoms with E-state index < -0.39 is 0 Å². The molecule has 1 heterocycles. The zero-order valence-corrected chi connectivity index (χ0v) is 15.4. The number of nitrogens with zero attached hydrogens (tertiary/aromatic N) is 1. The molecule has 0 aliphatic heterocycles. The van der Waals surface area contributed by atoms with Gasteiger partial charge in [0.1, 0.15) is 12.4 Å². The van der Waals surface area contributed by atoms with Crippen LogP contribution in [0.15, 0.2) is 49.7 Å². The number of fused-ring (bicyclic) bond motifs is 1. The van der Waals surface area contributed by atoms with Crippen molar-refractivity contribution in [3.05, 3.63) is 55.3 Å². The molecule has 1 aliphatic rings. The molecule has 0 saturated heterocycles. The molecule has 1 amide bonds. The van der Waals surface area contributed by atoms with Crippen molar-refractivity contribution in [2.24, 2.45) is 0 Å². The molecular weight excluding hydrogens is 324 g/mol. The lowest BCUT2D eigenvalue weighted by atomic mass is 9.95. The Bertz CT molecular complexity index is 785. The zero-order valence-electron chi connectivity index (χ0n) is 15.4. The van der Waals surface area contributed by atoms with Crippen LogP contribution in [-0.2, 0) is 17.8 Å². The topological polar surface area (TPSA) is 43.3 Å². The number of carbonyl (C=O) groups is 1. The standard InChI is InChI=1S/C22H28N2O2/c1-3-12-24-16-17(14-22(25)23-18-8-6-5-7-9-18)20-15-19(26-13-4-2)10-11-21(20)24/h3-4,10-11,15-16,18H,1-2,5-9,12-14H2,(H,23,25). The number of allylic oxidation sites excluding steroid dienone is 1. The first kappa shape index (κ1) is 18.3. The van der Waals surface area contributed by atoms with E-state index >= 15 is 0 Å². The number of benzene rings is 1. The number of hydrogen-bond donors (Lipinski definition) is 1. The Morgan fingerprint density at radius 3 is 2.77 bits per heavy atom. The van der Waals surface area contributed by atoms with Crippen LogP contribution in [0.4, 0.5) is 0 Å². The molecule has 1 N–H and O–H groups in total. The van der Waals surface area contributed by atoms with E-state index in [9.17, 15) is 4.79 Å². The third-order valence-corrected chi connectivity index (χ3v) is 4.95. The molecule has 0 spiro atoms. The Hall–Kier alpha value is -2.49. The molecule has 0 radical (unpaired) electrons. The van der Waals surface area contributed by atoms with Crippen LogP contribution in [-0.4, -0.2) is 23.1 Å². The van der Waals surface area contributed by atoms with Crippen LogP contribution in [0.1, 0.15) is 37.7 Å². The van der Waals surface area contributed by atoms with Crippen molar-refractivity contribution in [1.29, 1.82) is 0 Å². The van der Waals surface area contributed by atoms with Gasteiger partial charge in [-0.1, -0.05) is 38.0 Å². The lowest BCUT2D eigenvalue weighted by molar-refractivity contribution is -0.121. The Morgan fingerprint density at radius 2 is 2.04 bits per heavy atom. The van der Waals surface area contributed by atoms with E-state index in [-0.39, 0.29) is 5.91 Å². The Labute approximate surface area is 155 Å². The molecule has 0 unspecified atom stereocenters. The van der Waals surface area contributed by atoms with E-state index in [1.54, 1.807) is 6.08 Å². The van der Waals surface area contributed by atoms with Gasteiger partial charge in [0.15, 0.2) is 0 Å². The molecule has 1 aliphatic carbocycles. The Morgan fingerprint density at radius 1 is 1.23 bits per heavy atom. The number of nitrogens with one attached hydrogen (secondary N) is 1. The van der Waals surface area contributed by atoms with Gasteiger partial charge in [0.2, 0.25) is 5.91 Å². The van der Waals surface area contributed by atoms with Gasteiger partial charge in [0.25, 0.3) is 0 Å². The summed E-state index contributed by atoms with van der Waals surface area (Å²) >= 11 is 0. The molecule has 1 fully saturated rings. The van der Waals surface area contributed by atoms with Crippen LogP contribution >= 0.6 is 0 Å². The van der Waals surface area contributed by atoms with E-state index in [1.165, 1.54) is 19.3 Å². The summed E-state index contributed by atoms with van der Waals surface area (Å²) in [5.41, 5.74) is 2.12. The van der Waals surface area contributed by atoms with Crippen molar-refractivity contribution in [3.63, 3.8) is 0 Å². The fourth-order valence-electron chi connectivity index (χ4n) is 3.72. The van der Waals surface area contributed by atoms with Crippen LogP contribution in [0.3, 0.4) is 0 Å².